The molecule has 4 aliphatic carbocycles. The SMILES string of the molecule is CC(Cc1csc2ccccc12)(NC(=O)OC1C2CC3CC(C2)CC1C3)C(=O)NC(CO)Cc1ccccc1. The van der Waals surface area contributed by atoms with Gasteiger partial charge < -0.3 is 20.5 Å². The lowest BCUT2D eigenvalue weighted by Gasteiger charge is -2.53. The van der Waals surface area contributed by atoms with Gasteiger partial charge in [0.1, 0.15) is 11.6 Å². The summed E-state index contributed by atoms with van der Waals surface area (Å²) in [6, 6.07) is 17.4. The number of thiophene rings is 1. The Balaban J connectivity index is 1.20. The van der Waals surface area contributed by atoms with Crippen LogP contribution < -0.4 is 10.6 Å². The summed E-state index contributed by atoms with van der Waals surface area (Å²) < 4.78 is 7.27. The summed E-state index contributed by atoms with van der Waals surface area (Å²) in [5, 5.41) is 19.3. The van der Waals surface area contributed by atoms with Crippen LogP contribution >= 0.6 is 11.3 Å². The first-order chi connectivity index (χ1) is 18.9. The van der Waals surface area contributed by atoms with E-state index >= 15 is 0 Å². The molecule has 4 bridgehead atoms. The molecule has 0 aliphatic heterocycles. The fraction of sp³-hybridized carbons (Fsp3) is 0.500. The standard InChI is InChI=1S/C32H38N2O4S/c1-32(17-25-19-39-28-10-6-5-9-27(25)28,30(36)33-26(18-35)16-20-7-3-2-4-8-20)34-31(37)38-29-23-12-21-11-22(14-23)15-24(29)13-21/h2-10,19,21-24,26,29,35H,11-18H2,1H3,(H,33,36)(H,34,37). The maximum absolute atomic E-state index is 13.9. The Kier molecular flexibility index (Phi) is 7.38. The van der Waals surface area contributed by atoms with E-state index in [1.54, 1.807) is 18.3 Å². The highest BCUT2D eigenvalue weighted by atomic mass is 32.1. The number of hydrogen-bond donors (Lipinski definition) is 3. The van der Waals surface area contributed by atoms with Crippen molar-refractivity contribution in [3.8, 4) is 0 Å². The lowest BCUT2D eigenvalue weighted by molar-refractivity contribution is -0.128. The Morgan fingerprint density at radius 2 is 1.67 bits per heavy atom. The van der Waals surface area contributed by atoms with Crippen LogP contribution in [0.5, 0.6) is 0 Å². The number of nitrogens with one attached hydrogen (secondary N) is 2. The maximum Gasteiger partial charge on any atom is 0.408 e. The van der Waals surface area contributed by atoms with E-state index in [4.69, 9.17) is 4.74 Å². The average Bonchev–Trinajstić information content (AvgIpc) is 3.32. The summed E-state index contributed by atoms with van der Waals surface area (Å²) in [7, 11) is 0. The van der Waals surface area contributed by atoms with Gasteiger partial charge in [0.15, 0.2) is 0 Å². The van der Waals surface area contributed by atoms with Crippen molar-refractivity contribution in [1.82, 2.24) is 10.6 Å². The summed E-state index contributed by atoms with van der Waals surface area (Å²) in [4.78, 5) is 27.3. The van der Waals surface area contributed by atoms with Gasteiger partial charge >= 0.3 is 6.09 Å². The topological polar surface area (TPSA) is 87.7 Å². The number of fused-ring (bicyclic) bond motifs is 1. The number of benzene rings is 2. The highest BCUT2D eigenvalue weighted by Crippen LogP contribution is 2.54. The molecule has 2 amide bonds. The Labute approximate surface area is 234 Å². The van der Waals surface area contributed by atoms with Crippen molar-refractivity contribution in [3.05, 3.63) is 71.1 Å². The second-order valence-corrected chi connectivity index (χ2v) is 13.1. The number of hydrogen-bond acceptors (Lipinski definition) is 5. The molecule has 1 aromatic heterocycles. The first kappa shape index (κ1) is 26.3. The molecule has 4 aliphatic rings. The van der Waals surface area contributed by atoms with Gasteiger partial charge in [0.2, 0.25) is 5.91 Å². The number of aliphatic hydroxyl groups is 1. The van der Waals surface area contributed by atoms with E-state index < -0.39 is 17.7 Å². The zero-order valence-corrected chi connectivity index (χ0v) is 23.3. The minimum atomic E-state index is -1.25. The molecule has 3 N–H and O–H groups in total. The van der Waals surface area contributed by atoms with Crippen molar-refractivity contribution < 1.29 is 19.4 Å². The first-order valence-electron chi connectivity index (χ1n) is 14.3. The predicted octanol–water partition coefficient (Wildman–Crippen LogP) is 5.47. The minimum Gasteiger partial charge on any atom is -0.446 e. The van der Waals surface area contributed by atoms with Gasteiger partial charge in [0, 0.05) is 11.1 Å². The Hall–Kier alpha value is -2.90. The Morgan fingerprint density at radius 1 is 1.00 bits per heavy atom. The Morgan fingerprint density at radius 3 is 2.36 bits per heavy atom. The summed E-state index contributed by atoms with van der Waals surface area (Å²) in [6.45, 7) is 1.57. The van der Waals surface area contributed by atoms with Gasteiger partial charge in [-0.05, 0) is 97.1 Å². The van der Waals surface area contributed by atoms with E-state index in [9.17, 15) is 14.7 Å². The second kappa shape index (κ2) is 10.9. The van der Waals surface area contributed by atoms with Gasteiger partial charge in [-0.25, -0.2) is 4.79 Å². The molecule has 39 heavy (non-hydrogen) atoms. The molecule has 2 aromatic carbocycles. The van der Waals surface area contributed by atoms with E-state index in [1.807, 2.05) is 42.5 Å². The van der Waals surface area contributed by atoms with Crippen LogP contribution in [0, 0.1) is 23.7 Å². The third kappa shape index (κ3) is 5.57. The number of amides is 2. The highest BCUT2D eigenvalue weighted by Gasteiger charge is 2.50. The van der Waals surface area contributed by atoms with E-state index in [-0.39, 0.29) is 18.6 Å². The number of carbonyl (C=O) groups excluding carboxylic acids is 2. The van der Waals surface area contributed by atoms with E-state index in [2.05, 4.69) is 28.1 Å². The van der Waals surface area contributed by atoms with Crippen molar-refractivity contribution in [2.75, 3.05) is 6.61 Å². The van der Waals surface area contributed by atoms with E-state index in [0.29, 0.717) is 24.7 Å². The summed E-state index contributed by atoms with van der Waals surface area (Å²) in [5.41, 5.74) is 0.778. The number of ether oxygens (including phenoxy) is 1. The lowest BCUT2D eigenvalue weighted by atomic mass is 9.55. The number of rotatable bonds is 9. The van der Waals surface area contributed by atoms with Gasteiger partial charge in [-0.15, -0.1) is 11.3 Å². The monoisotopic (exact) mass is 546 g/mol. The molecule has 3 aromatic rings. The molecular weight excluding hydrogens is 508 g/mol. The summed E-state index contributed by atoms with van der Waals surface area (Å²) in [6.07, 6.45) is 6.20. The van der Waals surface area contributed by atoms with Gasteiger partial charge in [-0.3, -0.25) is 4.79 Å². The molecule has 206 valence electrons. The molecule has 1 heterocycles. The minimum absolute atomic E-state index is 0.0599. The maximum atomic E-state index is 13.9. The van der Waals surface area contributed by atoms with Crippen LogP contribution in [0.4, 0.5) is 4.79 Å². The number of aliphatic hydroxyl groups excluding tert-OH is 1. The molecule has 0 saturated heterocycles. The van der Waals surface area contributed by atoms with Gasteiger partial charge in [-0.2, -0.15) is 0 Å². The zero-order chi connectivity index (χ0) is 27.0. The molecule has 6 nitrogen and oxygen atoms in total. The summed E-state index contributed by atoms with van der Waals surface area (Å²) in [5.74, 6) is 2.14. The molecule has 0 spiro atoms. The summed E-state index contributed by atoms with van der Waals surface area (Å²) >= 11 is 1.63. The van der Waals surface area contributed by atoms with Crippen LogP contribution in [0.2, 0.25) is 0 Å². The predicted molar refractivity (Wildman–Crippen MR) is 154 cm³/mol. The van der Waals surface area contributed by atoms with Crippen LogP contribution in [0.3, 0.4) is 0 Å². The van der Waals surface area contributed by atoms with Crippen molar-refractivity contribution in [2.24, 2.45) is 23.7 Å². The second-order valence-electron chi connectivity index (χ2n) is 12.2. The van der Waals surface area contributed by atoms with Crippen LogP contribution in [-0.2, 0) is 22.4 Å². The lowest BCUT2D eigenvalue weighted by Crippen LogP contribution is -2.61. The van der Waals surface area contributed by atoms with Crippen molar-refractivity contribution >= 4 is 33.4 Å². The molecule has 7 rings (SSSR count). The molecule has 4 fully saturated rings. The van der Waals surface area contributed by atoms with Crippen LogP contribution in [-0.4, -0.2) is 41.4 Å². The molecule has 4 saturated carbocycles. The third-order valence-electron chi connectivity index (χ3n) is 9.25. The zero-order valence-electron chi connectivity index (χ0n) is 22.5. The largest absolute Gasteiger partial charge is 0.446 e. The number of carbonyl (C=O) groups is 2. The van der Waals surface area contributed by atoms with Crippen LogP contribution in [0.15, 0.2) is 60.0 Å². The molecular formula is C32H38N2O4S. The molecule has 7 heteroatoms. The average molecular weight is 547 g/mol. The fourth-order valence-corrected chi connectivity index (χ4v) is 8.55. The molecule has 2 atom stereocenters. The van der Waals surface area contributed by atoms with E-state index in [0.717, 1.165) is 58.7 Å². The van der Waals surface area contributed by atoms with Gasteiger partial charge in [0.05, 0.1) is 12.6 Å². The first-order valence-corrected chi connectivity index (χ1v) is 15.2. The van der Waals surface area contributed by atoms with Gasteiger partial charge in [-0.1, -0.05) is 48.5 Å². The molecule has 2 unspecified atom stereocenters. The normalized spacial score (nSPS) is 27.6. The molecule has 0 radical (unpaired) electrons. The Bertz CT molecular complexity index is 1300. The fourth-order valence-electron chi connectivity index (χ4n) is 7.58. The number of alkyl carbamates (subject to hydrolysis) is 1. The van der Waals surface area contributed by atoms with Crippen LogP contribution in [0.25, 0.3) is 10.1 Å². The van der Waals surface area contributed by atoms with Crippen molar-refractivity contribution in [1.29, 1.82) is 0 Å². The van der Waals surface area contributed by atoms with Crippen molar-refractivity contribution in [3.63, 3.8) is 0 Å². The third-order valence-corrected chi connectivity index (χ3v) is 10.3. The van der Waals surface area contributed by atoms with E-state index in [1.165, 1.54) is 6.42 Å². The quantitative estimate of drug-likeness (QED) is 0.332. The van der Waals surface area contributed by atoms with Gasteiger partial charge in [0.25, 0.3) is 0 Å². The highest BCUT2D eigenvalue weighted by molar-refractivity contribution is 7.17. The van der Waals surface area contributed by atoms with Crippen molar-refractivity contribution in [2.45, 2.75) is 69.6 Å². The smallest absolute Gasteiger partial charge is 0.408 e. The van der Waals surface area contributed by atoms with Crippen LogP contribution in [0.1, 0.15) is 50.2 Å².